The van der Waals surface area contributed by atoms with Crippen LogP contribution in [0.5, 0.6) is 11.5 Å². The lowest BCUT2D eigenvalue weighted by Gasteiger charge is -2.08. The van der Waals surface area contributed by atoms with E-state index in [1.807, 2.05) is 30.3 Å². The number of para-hydroxylation sites is 1. The summed E-state index contributed by atoms with van der Waals surface area (Å²) in [5.74, 6) is -0.0241. The Hall–Kier alpha value is -3.08. The molecule has 1 amide bonds. The van der Waals surface area contributed by atoms with Crippen molar-refractivity contribution in [1.82, 2.24) is 4.98 Å². The number of nitrogens with zero attached hydrogens (tertiary/aromatic N) is 1. The molecule has 110 valence electrons. The first-order valence-corrected chi connectivity index (χ1v) is 6.71. The van der Waals surface area contributed by atoms with Gasteiger partial charge in [-0.3, -0.25) is 4.79 Å². The molecule has 2 N–H and O–H groups in total. The number of phenolic OH excluding ortho intramolecular Hbond substituents is 1. The van der Waals surface area contributed by atoms with E-state index in [1.165, 1.54) is 13.2 Å². The number of carbonyl (C=O) groups excluding carboxylic acids is 1. The summed E-state index contributed by atoms with van der Waals surface area (Å²) in [5, 5.41) is 13.4. The fourth-order valence-electron chi connectivity index (χ4n) is 2.16. The Bertz CT molecular complexity index is 846. The number of fused-ring (bicyclic) bond motifs is 1. The maximum absolute atomic E-state index is 12.2. The van der Waals surface area contributed by atoms with E-state index in [4.69, 9.17) is 4.74 Å². The van der Waals surface area contributed by atoms with Crippen molar-refractivity contribution in [2.45, 2.75) is 0 Å². The van der Waals surface area contributed by atoms with Gasteiger partial charge < -0.3 is 15.2 Å². The highest BCUT2D eigenvalue weighted by molar-refractivity contribution is 6.04. The molecule has 5 nitrogen and oxygen atoms in total. The number of hydrogen-bond donors (Lipinski definition) is 2. The lowest BCUT2D eigenvalue weighted by molar-refractivity contribution is 0.102. The van der Waals surface area contributed by atoms with Gasteiger partial charge in [0, 0.05) is 17.1 Å². The van der Waals surface area contributed by atoms with E-state index in [2.05, 4.69) is 10.3 Å². The van der Waals surface area contributed by atoms with Gasteiger partial charge in [0.2, 0.25) is 0 Å². The van der Waals surface area contributed by atoms with Crippen LogP contribution in [0.3, 0.4) is 0 Å². The number of carbonyl (C=O) groups is 1. The van der Waals surface area contributed by atoms with Crippen molar-refractivity contribution in [2.75, 3.05) is 12.4 Å². The summed E-state index contributed by atoms with van der Waals surface area (Å²) >= 11 is 0. The summed E-state index contributed by atoms with van der Waals surface area (Å²) < 4.78 is 4.96. The Morgan fingerprint density at radius 3 is 2.73 bits per heavy atom. The molecule has 0 atom stereocenters. The van der Waals surface area contributed by atoms with E-state index in [1.54, 1.807) is 18.2 Å². The molecule has 3 rings (SSSR count). The summed E-state index contributed by atoms with van der Waals surface area (Å²) in [6.07, 6.45) is 0. The van der Waals surface area contributed by atoms with Crippen LogP contribution in [0.1, 0.15) is 10.5 Å². The topological polar surface area (TPSA) is 71.5 Å². The maximum Gasteiger partial charge on any atom is 0.274 e. The molecule has 0 saturated carbocycles. The smallest absolute Gasteiger partial charge is 0.274 e. The van der Waals surface area contributed by atoms with Crippen LogP contribution in [0.2, 0.25) is 0 Å². The number of phenols is 1. The van der Waals surface area contributed by atoms with Crippen LogP contribution in [-0.4, -0.2) is 23.1 Å². The molecule has 3 aromatic rings. The number of methoxy groups -OCH3 is 1. The van der Waals surface area contributed by atoms with Gasteiger partial charge in [0.05, 0.1) is 12.6 Å². The molecular formula is C17H14N2O3. The van der Waals surface area contributed by atoms with Gasteiger partial charge in [-0.05, 0) is 24.3 Å². The van der Waals surface area contributed by atoms with Crippen LogP contribution in [0.15, 0.2) is 54.6 Å². The lowest BCUT2D eigenvalue weighted by atomic mass is 10.2. The third kappa shape index (κ3) is 2.69. The van der Waals surface area contributed by atoms with E-state index >= 15 is 0 Å². The van der Waals surface area contributed by atoms with Gasteiger partial charge in [-0.25, -0.2) is 4.98 Å². The number of pyridine rings is 1. The van der Waals surface area contributed by atoms with Crippen LogP contribution < -0.4 is 10.1 Å². The Balaban J connectivity index is 1.85. The predicted octanol–water partition coefficient (Wildman–Crippen LogP) is 3.20. The van der Waals surface area contributed by atoms with Crippen LogP contribution >= 0.6 is 0 Å². The predicted molar refractivity (Wildman–Crippen MR) is 84.4 cm³/mol. The molecule has 0 spiro atoms. The van der Waals surface area contributed by atoms with E-state index in [0.717, 1.165) is 10.9 Å². The summed E-state index contributed by atoms with van der Waals surface area (Å²) in [7, 11) is 1.46. The van der Waals surface area contributed by atoms with Crippen molar-refractivity contribution >= 4 is 22.5 Å². The largest absolute Gasteiger partial charge is 0.504 e. The van der Waals surface area contributed by atoms with Gasteiger partial charge in [0.15, 0.2) is 11.5 Å². The zero-order chi connectivity index (χ0) is 15.5. The average Bonchev–Trinajstić information content (AvgIpc) is 2.54. The first-order valence-electron chi connectivity index (χ1n) is 6.71. The quantitative estimate of drug-likeness (QED) is 0.778. The molecule has 0 aliphatic rings. The van der Waals surface area contributed by atoms with E-state index in [0.29, 0.717) is 17.1 Å². The van der Waals surface area contributed by atoms with Crippen LogP contribution in [0, 0.1) is 0 Å². The van der Waals surface area contributed by atoms with Crippen molar-refractivity contribution in [3.8, 4) is 11.5 Å². The van der Waals surface area contributed by atoms with Gasteiger partial charge in [0.25, 0.3) is 5.91 Å². The number of aromatic nitrogens is 1. The Kier molecular flexibility index (Phi) is 3.62. The minimum Gasteiger partial charge on any atom is -0.504 e. The SMILES string of the molecule is COc1ccc(NC(=O)c2ccc3ccccc3n2)cc1O. The third-order valence-electron chi connectivity index (χ3n) is 3.27. The molecule has 0 saturated heterocycles. The molecule has 1 aromatic heterocycles. The van der Waals surface area contributed by atoms with Gasteiger partial charge in [0.1, 0.15) is 5.69 Å². The zero-order valence-electron chi connectivity index (χ0n) is 11.9. The van der Waals surface area contributed by atoms with Crippen LogP contribution in [0.25, 0.3) is 10.9 Å². The molecule has 0 fully saturated rings. The average molecular weight is 294 g/mol. The Morgan fingerprint density at radius 2 is 1.95 bits per heavy atom. The number of benzene rings is 2. The van der Waals surface area contributed by atoms with Crippen molar-refractivity contribution < 1.29 is 14.6 Å². The number of anilines is 1. The van der Waals surface area contributed by atoms with Gasteiger partial charge in [-0.15, -0.1) is 0 Å². The highest BCUT2D eigenvalue weighted by Gasteiger charge is 2.10. The van der Waals surface area contributed by atoms with E-state index in [-0.39, 0.29) is 11.7 Å². The van der Waals surface area contributed by atoms with Gasteiger partial charge >= 0.3 is 0 Å². The van der Waals surface area contributed by atoms with Gasteiger partial charge in [-0.2, -0.15) is 0 Å². The number of rotatable bonds is 3. The number of hydrogen-bond acceptors (Lipinski definition) is 4. The summed E-state index contributed by atoms with van der Waals surface area (Å²) in [5.41, 5.74) is 1.54. The minimum atomic E-state index is -0.338. The molecule has 2 aromatic carbocycles. The second-order valence-corrected chi connectivity index (χ2v) is 4.73. The fourth-order valence-corrected chi connectivity index (χ4v) is 2.16. The van der Waals surface area contributed by atoms with Gasteiger partial charge in [-0.1, -0.05) is 24.3 Å². The van der Waals surface area contributed by atoms with Crippen molar-refractivity contribution in [3.63, 3.8) is 0 Å². The summed E-state index contributed by atoms with van der Waals surface area (Å²) in [6.45, 7) is 0. The fraction of sp³-hybridized carbons (Fsp3) is 0.0588. The summed E-state index contributed by atoms with van der Waals surface area (Å²) in [4.78, 5) is 16.6. The third-order valence-corrected chi connectivity index (χ3v) is 3.27. The van der Waals surface area contributed by atoms with E-state index in [9.17, 15) is 9.90 Å². The van der Waals surface area contributed by atoms with E-state index < -0.39 is 0 Å². The molecule has 0 radical (unpaired) electrons. The van der Waals surface area contributed by atoms with Crippen molar-refractivity contribution in [2.24, 2.45) is 0 Å². The number of aromatic hydroxyl groups is 1. The van der Waals surface area contributed by atoms with Crippen LogP contribution in [0.4, 0.5) is 5.69 Å². The Labute approximate surface area is 127 Å². The molecular weight excluding hydrogens is 280 g/mol. The second-order valence-electron chi connectivity index (χ2n) is 4.73. The molecule has 5 heteroatoms. The normalized spacial score (nSPS) is 10.4. The number of ether oxygens (including phenoxy) is 1. The molecule has 0 unspecified atom stereocenters. The minimum absolute atomic E-state index is 0.0354. The van der Waals surface area contributed by atoms with Crippen molar-refractivity contribution in [1.29, 1.82) is 0 Å². The molecule has 0 aliphatic carbocycles. The number of amides is 1. The van der Waals surface area contributed by atoms with Crippen molar-refractivity contribution in [3.05, 3.63) is 60.3 Å². The standard InChI is InChI=1S/C17H14N2O3/c1-22-16-9-7-12(10-15(16)20)18-17(21)14-8-6-11-4-2-3-5-13(11)19-14/h2-10,20H,1H3,(H,18,21). The highest BCUT2D eigenvalue weighted by atomic mass is 16.5. The lowest BCUT2D eigenvalue weighted by Crippen LogP contribution is -2.13. The zero-order valence-corrected chi connectivity index (χ0v) is 11.9. The molecule has 0 aliphatic heterocycles. The monoisotopic (exact) mass is 294 g/mol. The maximum atomic E-state index is 12.2. The molecule has 22 heavy (non-hydrogen) atoms. The van der Waals surface area contributed by atoms with Crippen LogP contribution in [-0.2, 0) is 0 Å². The first kappa shape index (κ1) is 13.9. The first-order chi connectivity index (χ1) is 10.7. The molecule has 0 bridgehead atoms. The Morgan fingerprint density at radius 1 is 1.14 bits per heavy atom. The number of nitrogens with one attached hydrogen (secondary N) is 1. The summed E-state index contributed by atoms with van der Waals surface area (Å²) in [6, 6.07) is 15.8. The second kappa shape index (κ2) is 5.73. The molecule has 1 heterocycles. The highest BCUT2D eigenvalue weighted by Crippen LogP contribution is 2.28.